The number of benzene rings is 1. The summed E-state index contributed by atoms with van der Waals surface area (Å²) in [4.78, 5) is 11.9. The zero-order valence-electron chi connectivity index (χ0n) is 12.5. The van der Waals surface area contributed by atoms with Gasteiger partial charge >= 0.3 is 11.9 Å². The molecule has 0 aliphatic carbocycles. The van der Waals surface area contributed by atoms with E-state index >= 15 is 0 Å². The summed E-state index contributed by atoms with van der Waals surface area (Å²) in [7, 11) is 1.39. The van der Waals surface area contributed by atoms with E-state index in [1.165, 1.54) is 7.11 Å². The molecule has 2 unspecified atom stereocenters. The van der Waals surface area contributed by atoms with E-state index < -0.39 is 0 Å². The summed E-state index contributed by atoms with van der Waals surface area (Å²) < 4.78 is 10.3. The molecule has 1 aliphatic heterocycles. The molecule has 0 radical (unpaired) electrons. The van der Waals surface area contributed by atoms with Crippen molar-refractivity contribution in [2.45, 2.75) is 25.9 Å². The Morgan fingerprint density at radius 1 is 1.43 bits per heavy atom. The lowest BCUT2D eigenvalue weighted by Crippen LogP contribution is -2.64. The van der Waals surface area contributed by atoms with E-state index in [9.17, 15) is 9.90 Å². The molecule has 5 nitrogen and oxygen atoms in total. The number of carbonyl (C=O) groups excluding carboxylic acids is 1. The first-order valence-corrected chi connectivity index (χ1v) is 7.14. The second-order valence-electron chi connectivity index (χ2n) is 5.20. The van der Waals surface area contributed by atoms with Crippen molar-refractivity contribution in [2.75, 3.05) is 20.3 Å². The van der Waals surface area contributed by atoms with E-state index in [2.05, 4.69) is 0 Å². The van der Waals surface area contributed by atoms with Gasteiger partial charge in [0, 0.05) is 5.56 Å². The molecule has 0 amide bonds. The van der Waals surface area contributed by atoms with Gasteiger partial charge < -0.3 is 14.6 Å². The predicted octanol–water partition coefficient (Wildman–Crippen LogP) is 2.34. The van der Waals surface area contributed by atoms with Crippen molar-refractivity contribution in [3.05, 3.63) is 48.0 Å². The average molecular weight is 292 g/mol. The lowest BCUT2D eigenvalue weighted by Gasteiger charge is -2.47. The van der Waals surface area contributed by atoms with Crippen LogP contribution >= 0.6 is 0 Å². The molecule has 1 saturated heterocycles. The van der Waals surface area contributed by atoms with E-state index in [0.717, 1.165) is 18.5 Å². The largest absolute Gasteiger partial charge is 0.477 e. The van der Waals surface area contributed by atoms with Crippen LogP contribution in [0, 0.1) is 0 Å². The van der Waals surface area contributed by atoms with E-state index in [4.69, 9.17) is 9.47 Å². The van der Waals surface area contributed by atoms with E-state index in [1.807, 2.05) is 30.3 Å². The third kappa shape index (κ3) is 3.36. The number of esters is 1. The fourth-order valence-electron chi connectivity index (χ4n) is 2.77. The Morgan fingerprint density at radius 2 is 2.14 bits per heavy atom. The van der Waals surface area contributed by atoms with Crippen LogP contribution in [0.5, 0.6) is 0 Å². The fraction of sp³-hybridized carbons (Fsp3) is 0.438. The quantitative estimate of drug-likeness (QED) is 0.497. The highest BCUT2D eigenvalue weighted by Gasteiger charge is 2.51. The summed E-state index contributed by atoms with van der Waals surface area (Å²) in [5, 5.41) is 9.87. The third-order valence-corrected chi connectivity index (χ3v) is 3.89. The maximum atomic E-state index is 11.9. The molecule has 2 rings (SSSR count). The predicted molar refractivity (Wildman–Crippen MR) is 78.0 cm³/mol. The van der Waals surface area contributed by atoms with Crippen molar-refractivity contribution < 1.29 is 23.9 Å². The molecule has 114 valence electrons. The maximum Gasteiger partial charge on any atom is 0.365 e. The highest BCUT2D eigenvalue weighted by molar-refractivity contribution is 5.75. The molecule has 5 heteroatoms. The van der Waals surface area contributed by atoms with E-state index in [-0.39, 0.29) is 18.0 Å². The van der Waals surface area contributed by atoms with Crippen LogP contribution in [0.25, 0.3) is 0 Å². The fourth-order valence-corrected chi connectivity index (χ4v) is 2.77. The van der Waals surface area contributed by atoms with Gasteiger partial charge in [0.25, 0.3) is 0 Å². The summed E-state index contributed by atoms with van der Waals surface area (Å²) in [5.41, 5.74) is 1.10. The highest BCUT2D eigenvalue weighted by atomic mass is 16.6. The number of carbonyl (C=O) groups is 1. The van der Waals surface area contributed by atoms with Crippen molar-refractivity contribution in [3.63, 3.8) is 0 Å². The minimum atomic E-state index is -0.294. The van der Waals surface area contributed by atoms with Gasteiger partial charge in [0.15, 0.2) is 12.2 Å². The van der Waals surface area contributed by atoms with Crippen LogP contribution in [0.1, 0.15) is 18.9 Å². The molecular formula is C16H22NO4+. The van der Waals surface area contributed by atoms with Gasteiger partial charge in [0.05, 0.1) is 26.7 Å². The van der Waals surface area contributed by atoms with Crippen molar-refractivity contribution in [3.8, 4) is 0 Å². The van der Waals surface area contributed by atoms with Crippen molar-refractivity contribution >= 4 is 5.97 Å². The number of quaternary nitrogens is 1. The van der Waals surface area contributed by atoms with Crippen LogP contribution in [-0.2, 0) is 20.8 Å². The molecule has 1 aromatic carbocycles. The summed E-state index contributed by atoms with van der Waals surface area (Å²) in [6, 6.07) is 9.61. The molecule has 0 aromatic heterocycles. The van der Waals surface area contributed by atoms with Crippen molar-refractivity contribution in [2.24, 2.45) is 0 Å². The zero-order valence-corrected chi connectivity index (χ0v) is 12.5. The average Bonchev–Trinajstić information content (AvgIpc) is 2.46. The number of ether oxygens (including phenoxy) is 2. The maximum absolute atomic E-state index is 11.9. The summed E-state index contributed by atoms with van der Waals surface area (Å²) in [5.74, 6) is -0.389. The smallest absolute Gasteiger partial charge is 0.365 e. The Kier molecular flexibility index (Phi) is 4.85. The van der Waals surface area contributed by atoms with Gasteiger partial charge in [-0.2, -0.15) is 0 Å². The van der Waals surface area contributed by atoms with E-state index in [0.29, 0.717) is 17.6 Å². The standard InChI is InChI=1S/C16H21NO4/c1-3-21-15(18)12-17(10-9-14(17)16(19)20-2)11-13-7-5-4-6-8-13/h4-8,12,14H,3,9-11H2,1-2H3/p+1/b15-12-. The molecule has 2 atom stereocenters. The van der Waals surface area contributed by atoms with Gasteiger partial charge in [0.1, 0.15) is 6.54 Å². The van der Waals surface area contributed by atoms with Gasteiger partial charge in [-0.1, -0.05) is 30.3 Å². The summed E-state index contributed by atoms with van der Waals surface area (Å²) in [6.45, 7) is 3.58. The Balaban J connectivity index is 2.26. The van der Waals surface area contributed by atoms with Crippen LogP contribution in [0.2, 0.25) is 0 Å². The van der Waals surface area contributed by atoms with Crippen LogP contribution in [0.4, 0.5) is 0 Å². The molecule has 1 aliphatic rings. The second kappa shape index (κ2) is 6.63. The van der Waals surface area contributed by atoms with Crippen LogP contribution in [0.15, 0.2) is 42.5 Å². The topological polar surface area (TPSA) is 55.8 Å². The monoisotopic (exact) mass is 292 g/mol. The molecule has 1 N–H and O–H groups in total. The molecule has 0 bridgehead atoms. The minimum absolute atomic E-state index is 0.137. The number of likely N-dealkylation sites (tertiary alicyclic amines) is 1. The molecule has 1 fully saturated rings. The number of rotatable bonds is 6. The van der Waals surface area contributed by atoms with Crippen molar-refractivity contribution in [1.82, 2.24) is 0 Å². The molecule has 0 saturated carbocycles. The number of aliphatic hydroxyl groups excluding tert-OH is 1. The van der Waals surface area contributed by atoms with Gasteiger partial charge in [-0.15, -0.1) is 0 Å². The number of methoxy groups -OCH3 is 1. The SMILES string of the molecule is CCO/C(O)=C\[N+]1(Cc2ccccc2)CCC1C(=O)OC. The van der Waals surface area contributed by atoms with Crippen LogP contribution in [-0.4, -0.2) is 41.9 Å². The van der Waals surface area contributed by atoms with Gasteiger partial charge in [-0.25, -0.2) is 4.79 Å². The van der Waals surface area contributed by atoms with Gasteiger partial charge in [-0.05, 0) is 6.92 Å². The molecular weight excluding hydrogens is 270 g/mol. The second-order valence-corrected chi connectivity index (χ2v) is 5.20. The molecule has 21 heavy (non-hydrogen) atoms. The molecule has 1 aromatic rings. The molecule has 1 heterocycles. The number of hydrogen-bond donors (Lipinski definition) is 1. The van der Waals surface area contributed by atoms with Crippen LogP contribution < -0.4 is 0 Å². The van der Waals surface area contributed by atoms with Gasteiger partial charge in [-0.3, -0.25) is 4.48 Å². The Bertz CT molecular complexity index is 514. The molecule has 0 spiro atoms. The van der Waals surface area contributed by atoms with Crippen molar-refractivity contribution in [1.29, 1.82) is 0 Å². The first kappa shape index (κ1) is 15.4. The Hall–Kier alpha value is -2.01. The zero-order chi connectivity index (χ0) is 15.3. The minimum Gasteiger partial charge on any atom is -0.477 e. The lowest BCUT2D eigenvalue weighted by molar-refractivity contribution is -0.949. The van der Waals surface area contributed by atoms with Gasteiger partial charge in [0.2, 0.25) is 0 Å². The third-order valence-electron chi connectivity index (χ3n) is 3.89. The first-order valence-electron chi connectivity index (χ1n) is 7.14. The Morgan fingerprint density at radius 3 is 2.67 bits per heavy atom. The first-order chi connectivity index (χ1) is 10.1. The lowest BCUT2D eigenvalue weighted by atomic mass is 9.96. The number of hydrogen-bond acceptors (Lipinski definition) is 4. The summed E-state index contributed by atoms with van der Waals surface area (Å²) in [6.07, 6.45) is 2.37. The number of aliphatic hydroxyl groups is 1. The van der Waals surface area contributed by atoms with Crippen LogP contribution in [0.3, 0.4) is 0 Å². The summed E-state index contributed by atoms with van der Waals surface area (Å²) >= 11 is 0. The normalized spacial score (nSPS) is 25.0. The van der Waals surface area contributed by atoms with E-state index in [1.54, 1.807) is 13.1 Å². The number of nitrogens with zero attached hydrogens (tertiary/aromatic N) is 1. The Labute approximate surface area is 125 Å². The highest BCUT2D eigenvalue weighted by Crippen LogP contribution is 2.34.